The zero-order chi connectivity index (χ0) is 20.0. The van der Waals surface area contributed by atoms with Crippen LogP contribution < -0.4 is 5.32 Å². The lowest BCUT2D eigenvalue weighted by molar-refractivity contribution is 0.0934. The van der Waals surface area contributed by atoms with Crippen LogP contribution in [-0.2, 0) is 7.05 Å². The molecule has 0 aliphatic carbocycles. The number of nitrogens with one attached hydrogen (secondary N) is 1. The first-order valence-corrected chi connectivity index (χ1v) is 10.1. The van der Waals surface area contributed by atoms with E-state index >= 15 is 0 Å². The number of halogens is 1. The molecule has 3 aromatic heterocycles. The van der Waals surface area contributed by atoms with Gasteiger partial charge in [-0.3, -0.25) is 13.9 Å². The van der Waals surface area contributed by atoms with Gasteiger partial charge in [0.1, 0.15) is 5.69 Å². The Balaban J connectivity index is 1.61. The Morgan fingerprint density at radius 3 is 2.61 bits per heavy atom. The number of aryl methyl sites for hydroxylation is 2. The molecular formula is C20H20ClN5OS. The number of amides is 1. The van der Waals surface area contributed by atoms with Gasteiger partial charge in [-0.15, -0.1) is 11.3 Å². The Bertz CT molecular complexity index is 1170. The van der Waals surface area contributed by atoms with Gasteiger partial charge in [-0.2, -0.15) is 5.10 Å². The van der Waals surface area contributed by atoms with Gasteiger partial charge < -0.3 is 5.32 Å². The molecule has 6 nitrogen and oxygen atoms in total. The third kappa shape index (κ3) is 3.21. The fourth-order valence-corrected chi connectivity index (χ4v) is 4.45. The molecule has 3 heterocycles. The van der Waals surface area contributed by atoms with E-state index in [4.69, 9.17) is 11.6 Å². The van der Waals surface area contributed by atoms with Gasteiger partial charge in [0.25, 0.3) is 5.91 Å². The smallest absolute Gasteiger partial charge is 0.269 e. The van der Waals surface area contributed by atoms with E-state index in [1.54, 1.807) is 0 Å². The highest BCUT2D eigenvalue weighted by Gasteiger charge is 2.21. The van der Waals surface area contributed by atoms with Gasteiger partial charge in [0.15, 0.2) is 4.96 Å². The van der Waals surface area contributed by atoms with E-state index in [0.29, 0.717) is 10.7 Å². The van der Waals surface area contributed by atoms with Crippen molar-refractivity contribution in [3.8, 4) is 11.3 Å². The molecule has 144 valence electrons. The van der Waals surface area contributed by atoms with Crippen LogP contribution in [0.15, 0.2) is 35.8 Å². The number of benzene rings is 1. The van der Waals surface area contributed by atoms with E-state index in [9.17, 15) is 4.79 Å². The Labute approximate surface area is 171 Å². The predicted molar refractivity (Wildman–Crippen MR) is 112 cm³/mol. The number of hydrogen-bond donors (Lipinski definition) is 1. The van der Waals surface area contributed by atoms with Crippen molar-refractivity contribution in [2.75, 3.05) is 0 Å². The van der Waals surface area contributed by atoms with Gasteiger partial charge in [0.05, 0.1) is 17.4 Å². The minimum absolute atomic E-state index is 0.138. The molecular weight excluding hydrogens is 394 g/mol. The average molecular weight is 414 g/mol. The van der Waals surface area contributed by atoms with Crippen LogP contribution in [0.2, 0.25) is 5.02 Å². The zero-order valence-electron chi connectivity index (χ0n) is 16.0. The normalized spacial score (nSPS) is 12.5. The number of aromatic nitrogens is 4. The van der Waals surface area contributed by atoms with Crippen molar-refractivity contribution in [1.82, 2.24) is 24.5 Å². The minimum Gasteiger partial charge on any atom is -0.344 e. The summed E-state index contributed by atoms with van der Waals surface area (Å²) >= 11 is 7.41. The maximum absolute atomic E-state index is 12.9. The van der Waals surface area contributed by atoms with E-state index < -0.39 is 0 Å². The van der Waals surface area contributed by atoms with E-state index in [1.165, 1.54) is 11.3 Å². The predicted octanol–water partition coefficient (Wildman–Crippen LogP) is 4.56. The second kappa shape index (κ2) is 7.07. The topological polar surface area (TPSA) is 64.2 Å². The van der Waals surface area contributed by atoms with E-state index in [0.717, 1.165) is 33.2 Å². The fraction of sp³-hybridized carbons (Fsp3) is 0.250. The van der Waals surface area contributed by atoms with Gasteiger partial charge >= 0.3 is 0 Å². The first kappa shape index (κ1) is 18.7. The van der Waals surface area contributed by atoms with Crippen LogP contribution in [0, 0.1) is 13.8 Å². The third-order valence-electron chi connectivity index (χ3n) is 4.93. The van der Waals surface area contributed by atoms with Crippen molar-refractivity contribution in [2.45, 2.75) is 26.8 Å². The first-order chi connectivity index (χ1) is 13.3. The summed E-state index contributed by atoms with van der Waals surface area (Å²) in [6.45, 7) is 5.95. The summed E-state index contributed by atoms with van der Waals surface area (Å²) in [6, 6.07) is 7.36. The highest BCUT2D eigenvalue weighted by atomic mass is 35.5. The molecule has 0 spiro atoms. The molecule has 1 atom stereocenters. The van der Waals surface area contributed by atoms with E-state index in [1.807, 2.05) is 72.7 Å². The van der Waals surface area contributed by atoms with Crippen LogP contribution in [0.4, 0.5) is 0 Å². The summed E-state index contributed by atoms with van der Waals surface area (Å²) in [5, 5.41) is 10.0. The van der Waals surface area contributed by atoms with Gasteiger partial charge in [-0.05, 0) is 32.9 Å². The molecule has 8 heteroatoms. The number of nitrogens with zero attached hydrogens (tertiary/aromatic N) is 4. The summed E-state index contributed by atoms with van der Waals surface area (Å²) in [4.78, 5) is 18.3. The summed E-state index contributed by atoms with van der Waals surface area (Å²) in [6.07, 6.45) is 1.88. The van der Waals surface area contributed by atoms with E-state index in [-0.39, 0.29) is 11.9 Å². The van der Waals surface area contributed by atoms with Crippen molar-refractivity contribution in [1.29, 1.82) is 0 Å². The minimum atomic E-state index is -0.143. The van der Waals surface area contributed by atoms with Gasteiger partial charge in [0, 0.05) is 40.5 Å². The molecule has 0 aliphatic heterocycles. The maximum Gasteiger partial charge on any atom is 0.269 e. The molecule has 1 amide bonds. The van der Waals surface area contributed by atoms with Crippen LogP contribution >= 0.6 is 22.9 Å². The van der Waals surface area contributed by atoms with Gasteiger partial charge in [0.2, 0.25) is 0 Å². The number of imidazole rings is 1. The Morgan fingerprint density at radius 1 is 1.25 bits per heavy atom. The number of fused-ring (bicyclic) bond motifs is 1. The molecule has 28 heavy (non-hydrogen) atoms. The molecule has 1 unspecified atom stereocenters. The largest absolute Gasteiger partial charge is 0.344 e. The number of carbonyl (C=O) groups excluding carboxylic acids is 1. The number of rotatable bonds is 4. The van der Waals surface area contributed by atoms with Crippen molar-refractivity contribution in [2.24, 2.45) is 7.05 Å². The van der Waals surface area contributed by atoms with Crippen molar-refractivity contribution >= 4 is 33.8 Å². The van der Waals surface area contributed by atoms with E-state index in [2.05, 4.69) is 15.4 Å². The van der Waals surface area contributed by atoms with Crippen molar-refractivity contribution < 1.29 is 4.79 Å². The van der Waals surface area contributed by atoms with Crippen LogP contribution in [0.3, 0.4) is 0 Å². The first-order valence-electron chi connectivity index (χ1n) is 8.88. The molecule has 1 aromatic carbocycles. The molecule has 0 bridgehead atoms. The van der Waals surface area contributed by atoms with Crippen LogP contribution in [0.5, 0.6) is 0 Å². The Morgan fingerprint density at radius 2 is 1.96 bits per heavy atom. The molecule has 0 fully saturated rings. The maximum atomic E-state index is 12.9. The monoisotopic (exact) mass is 413 g/mol. The lowest BCUT2D eigenvalue weighted by Gasteiger charge is -2.14. The van der Waals surface area contributed by atoms with Crippen LogP contribution in [-0.4, -0.2) is 25.1 Å². The van der Waals surface area contributed by atoms with Crippen LogP contribution in [0.25, 0.3) is 16.2 Å². The second-order valence-corrected chi connectivity index (χ2v) is 8.08. The molecule has 4 rings (SSSR count). The van der Waals surface area contributed by atoms with Gasteiger partial charge in [-0.25, -0.2) is 4.98 Å². The number of hydrogen-bond acceptors (Lipinski definition) is 4. The molecule has 4 aromatic rings. The quantitative estimate of drug-likeness (QED) is 0.533. The molecule has 1 N–H and O–H groups in total. The van der Waals surface area contributed by atoms with Crippen molar-refractivity contribution in [3.63, 3.8) is 0 Å². The molecule has 0 saturated heterocycles. The summed E-state index contributed by atoms with van der Waals surface area (Å²) in [7, 11) is 1.91. The molecule has 0 saturated carbocycles. The molecule has 0 radical (unpaired) electrons. The highest BCUT2D eigenvalue weighted by Crippen LogP contribution is 2.26. The summed E-state index contributed by atoms with van der Waals surface area (Å²) in [5.41, 5.74) is 5.36. The summed E-state index contributed by atoms with van der Waals surface area (Å²) in [5.74, 6) is -0.138. The zero-order valence-corrected chi connectivity index (χ0v) is 17.6. The summed E-state index contributed by atoms with van der Waals surface area (Å²) < 4.78 is 3.67. The SMILES string of the molecule is Cc1nn(C)c(C)c1C(C)NC(=O)c1csc2nc(-c3ccc(Cl)cc3)cn12. The average Bonchev–Trinajstić information content (AvgIpc) is 3.29. The highest BCUT2D eigenvalue weighted by molar-refractivity contribution is 7.15. The Hall–Kier alpha value is -2.64. The van der Waals surface area contributed by atoms with Crippen LogP contribution in [0.1, 0.15) is 40.4 Å². The fourth-order valence-electron chi connectivity index (χ4n) is 3.47. The third-order valence-corrected chi connectivity index (χ3v) is 6.02. The lowest BCUT2D eigenvalue weighted by Crippen LogP contribution is -2.28. The second-order valence-electron chi connectivity index (χ2n) is 6.81. The molecule has 0 aliphatic rings. The Kier molecular flexibility index (Phi) is 4.72. The number of thiazole rings is 1. The van der Waals surface area contributed by atoms with Gasteiger partial charge in [-0.1, -0.05) is 23.7 Å². The lowest BCUT2D eigenvalue weighted by atomic mass is 10.1. The standard InChI is InChI=1S/C20H20ClN5OS/c1-11(18-12(2)24-25(4)13(18)3)22-19(27)17-10-28-20-23-16(9-26(17)20)14-5-7-15(21)8-6-14/h5-11H,1-4H3,(H,22,27). The number of carbonyl (C=O) groups is 1. The van der Waals surface area contributed by atoms with Crippen molar-refractivity contribution in [3.05, 3.63) is 63.5 Å².